The second kappa shape index (κ2) is 5.84. The quantitative estimate of drug-likeness (QED) is 0.733. The first-order valence-electron chi connectivity index (χ1n) is 7.03. The highest BCUT2D eigenvalue weighted by atomic mass is 15.3. The van der Waals surface area contributed by atoms with Crippen molar-refractivity contribution in [2.24, 2.45) is 11.8 Å². The Morgan fingerprint density at radius 3 is 2.18 bits per heavy atom. The van der Waals surface area contributed by atoms with Gasteiger partial charge in [0, 0.05) is 26.2 Å². The Balaban J connectivity index is 1.90. The fourth-order valence-corrected chi connectivity index (χ4v) is 3.19. The molecule has 1 saturated carbocycles. The van der Waals surface area contributed by atoms with E-state index in [2.05, 4.69) is 29.8 Å². The first-order chi connectivity index (χ1) is 8.20. The smallest absolute Gasteiger partial charge is 0.101 e. The molecular formula is C14H25N3. The van der Waals surface area contributed by atoms with Crippen LogP contribution < -0.4 is 0 Å². The molecule has 3 heteroatoms. The van der Waals surface area contributed by atoms with Gasteiger partial charge in [0.15, 0.2) is 0 Å². The zero-order valence-electron chi connectivity index (χ0n) is 11.2. The Morgan fingerprint density at radius 1 is 1.06 bits per heavy atom. The van der Waals surface area contributed by atoms with Crippen LogP contribution in [-0.4, -0.2) is 49.1 Å². The first kappa shape index (κ1) is 12.9. The Bertz CT molecular complexity index is 246. The van der Waals surface area contributed by atoms with Crippen molar-refractivity contribution < 1.29 is 0 Å². The molecule has 1 saturated heterocycles. The maximum absolute atomic E-state index is 9.46. The van der Waals surface area contributed by atoms with Crippen LogP contribution in [0.15, 0.2) is 0 Å². The van der Waals surface area contributed by atoms with E-state index in [0.29, 0.717) is 5.92 Å². The summed E-state index contributed by atoms with van der Waals surface area (Å²) in [5.74, 6) is 1.50. The summed E-state index contributed by atoms with van der Waals surface area (Å²) in [6.07, 6.45) is 5.14. The van der Waals surface area contributed by atoms with Gasteiger partial charge < -0.3 is 4.90 Å². The van der Waals surface area contributed by atoms with Gasteiger partial charge in [-0.2, -0.15) is 5.26 Å². The Morgan fingerprint density at radius 2 is 1.65 bits per heavy atom. The molecule has 2 aliphatic rings. The van der Waals surface area contributed by atoms with Crippen LogP contribution in [0.4, 0.5) is 0 Å². The van der Waals surface area contributed by atoms with E-state index in [1.54, 1.807) is 0 Å². The van der Waals surface area contributed by atoms with Crippen molar-refractivity contribution in [3.63, 3.8) is 0 Å². The van der Waals surface area contributed by atoms with E-state index in [1.807, 2.05) is 0 Å². The predicted molar refractivity (Wildman–Crippen MR) is 69.6 cm³/mol. The molecule has 0 bridgehead atoms. The van der Waals surface area contributed by atoms with Crippen molar-refractivity contribution in [2.45, 2.75) is 38.6 Å². The van der Waals surface area contributed by atoms with Crippen LogP contribution in [0.3, 0.4) is 0 Å². The van der Waals surface area contributed by atoms with Gasteiger partial charge in [0.25, 0.3) is 0 Å². The van der Waals surface area contributed by atoms with Crippen molar-refractivity contribution in [1.82, 2.24) is 9.80 Å². The topological polar surface area (TPSA) is 30.3 Å². The lowest BCUT2D eigenvalue weighted by molar-refractivity contribution is 0.0889. The number of hydrogen-bond acceptors (Lipinski definition) is 3. The fourth-order valence-electron chi connectivity index (χ4n) is 3.19. The fraction of sp³-hybridized carbons (Fsp3) is 0.929. The van der Waals surface area contributed by atoms with E-state index in [1.165, 1.54) is 25.7 Å². The molecule has 2 fully saturated rings. The third-order valence-electron chi connectivity index (χ3n) is 4.57. The van der Waals surface area contributed by atoms with E-state index < -0.39 is 0 Å². The molecule has 0 aromatic carbocycles. The van der Waals surface area contributed by atoms with E-state index >= 15 is 0 Å². The van der Waals surface area contributed by atoms with Crippen LogP contribution in [0, 0.1) is 23.2 Å². The minimum Gasteiger partial charge on any atom is -0.304 e. The van der Waals surface area contributed by atoms with Gasteiger partial charge in [0.2, 0.25) is 0 Å². The third-order valence-corrected chi connectivity index (χ3v) is 4.57. The lowest BCUT2D eigenvalue weighted by atomic mass is 9.79. The van der Waals surface area contributed by atoms with Crippen LogP contribution in [0.1, 0.15) is 32.6 Å². The summed E-state index contributed by atoms with van der Waals surface area (Å²) in [4.78, 5) is 4.77. The molecule has 0 aromatic heterocycles. The van der Waals surface area contributed by atoms with Gasteiger partial charge in [-0.15, -0.1) is 0 Å². The van der Waals surface area contributed by atoms with Crippen molar-refractivity contribution in [3.8, 4) is 6.07 Å². The van der Waals surface area contributed by atoms with Gasteiger partial charge in [0.1, 0.15) is 6.04 Å². The van der Waals surface area contributed by atoms with Gasteiger partial charge in [0.05, 0.1) is 6.07 Å². The molecule has 0 spiro atoms. The van der Waals surface area contributed by atoms with Crippen LogP contribution in [0.2, 0.25) is 0 Å². The number of nitriles is 1. The van der Waals surface area contributed by atoms with E-state index in [0.717, 1.165) is 32.1 Å². The molecule has 96 valence electrons. The molecule has 1 aliphatic heterocycles. The van der Waals surface area contributed by atoms with Gasteiger partial charge >= 0.3 is 0 Å². The molecule has 17 heavy (non-hydrogen) atoms. The monoisotopic (exact) mass is 235 g/mol. The second-order valence-corrected chi connectivity index (χ2v) is 5.93. The Labute approximate surface area is 105 Å². The zero-order chi connectivity index (χ0) is 12.3. The maximum atomic E-state index is 9.46. The summed E-state index contributed by atoms with van der Waals surface area (Å²) >= 11 is 0. The molecule has 0 amide bonds. The largest absolute Gasteiger partial charge is 0.304 e. The van der Waals surface area contributed by atoms with Gasteiger partial charge in [-0.25, -0.2) is 0 Å². The second-order valence-electron chi connectivity index (χ2n) is 5.93. The average Bonchev–Trinajstić information content (AvgIpc) is 2.35. The molecule has 2 rings (SSSR count). The SMILES string of the molecule is CC1CCC(C(C#N)N2CCN(C)CC2)CC1. The molecule has 1 heterocycles. The van der Waals surface area contributed by atoms with Crippen molar-refractivity contribution in [3.05, 3.63) is 0 Å². The summed E-state index contributed by atoms with van der Waals surface area (Å²) < 4.78 is 0. The lowest BCUT2D eigenvalue weighted by Gasteiger charge is -2.40. The summed E-state index contributed by atoms with van der Waals surface area (Å²) in [5, 5.41) is 9.46. The van der Waals surface area contributed by atoms with Gasteiger partial charge in [-0.1, -0.05) is 19.8 Å². The highest BCUT2D eigenvalue weighted by molar-refractivity contribution is 4.99. The van der Waals surface area contributed by atoms with Crippen molar-refractivity contribution in [1.29, 1.82) is 5.26 Å². The van der Waals surface area contributed by atoms with Crippen molar-refractivity contribution >= 4 is 0 Å². The molecule has 1 unspecified atom stereocenters. The maximum Gasteiger partial charge on any atom is 0.101 e. The standard InChI is InChI=1S/C14H25N3/c1-12-3-5-13(6-4-12)14(11-15)17-9-7-16(2)8-10-17/h12-14H,3-10H2,1-2H3. The molecule has 3 nitrogen and oxygen atoms in total. The number of hydrogen-bond donors (Lipinski definition) is 0. The lowest BCUT2D eigenvalue weighted by Crippen LogP contribution is -2.51. The number of rotatable bonds is 2. The third kappa shape index (κ3) is 3.20. The molecule has 1 aliphatic carbocycles. The molecule has 0 aromatic rings. The number of likely N-dealkylation sites (N-methyl/N-ethyl adjacent to an activating group) is 1. The summed E-state index contributed by atoms with van der Waals surface area (Å²) in [6.45, 7) is 6.71. The normalized spacial score (nSPS) is 34.2. The van der Waals surface area contributed by atoms with E-state index in [4.69, 9.17) is 0 Å². The van der Waals surface area contributed by atoms with Crippen molar-refractivity contribution in [2.75, 3.05) is 33.2 Å². The number of nitrogens with zero attached hydrogens (tertiary/aromatic N) is 3. The molecule has 0 radical (unpaired) electrons. The van der Waals surface area contributed by atoms with Crippen LogP contribution >= 0.6 is 0 Å². The molecular weight excluding hydrogens is 210 g/mol. The highest BCUT2D eigenvalue weighted by Gasteiger charge is 2.31. The summed E-state index contributed by atoms with van der Waals surface area (Å²) in [7, 11) is 2.17. The van der Waals surface area contributed by atoms with Crippen LogP contribution in [0.25, 0.3) is 0 Å². The predicted octanol–water partition coefficient (Wildman–Crippen LogP) is 1.95. The first-order valence-corrected chi connectivity index (χ1v) is 7.03. The Hall–Kier alpha value is -0.590. The molecule has 0 N–H and O–H groups in total. The summed E-state index contributed by atoms with van der Waals surface area (Å²) in [6, 6.07) is 2.76. The minimum atomic E-state index is 0.177. The zero-order valence-corrected chi connectivity index (χ0v) is 11.2. The Kier molecular flexibility index (Phi) is 4.42. The summed E-state index contributed by atoms with van der Waals surface area (Å²) in [5.41, 5.74) is 0. The molecule has 1 atom stereocenters. The van der Waals surface area contributed by atoms with Crippen LogP contribution in [0.5, 0.6) is 0 Å². The highest BCUT2D eigenvalue weighted by Crippen LogP contribution is 2.32. The average molecular weight is 235 g/mol. The van der Waals surface area contributed by atoms with Gasteiger partial charge in [-0.05, 0) is 31.7 Å². The minimum absolute atomic E-state index is 0.177. The number of piperazine rings is 1. The van der Waals surface area contributed by atoms with E-state index in [-0.39, 0.29) is 6.04 Å². The van der Waals surface area contributed by atoms with E-state index in [9.17, 15) is 5.26 Å². The van der Waals surface area contributed by atoms with Gasteiger partial charge in [-0.3, -0.25) is 4.90 Å². The van der Waals surface area contributed by atoms with Crippen LogP contribution in [-0.2, 0) is 0 Å².